The largest absolute Gasteiger partial charge is 0.466 e. The molecule has 0 spiro atoms. The summed E-state index contributed by atoms with van der Waals surface area (Å²) in [5.74, 6) is 1.80. The zero-order valence-electron chi connectivity index (χ0n) is 17.3. The zero-order valence-corrected chi connectivity index (χ0v) is 19.6. The minimum absolute atomic E-state index is 0. The third-order valence-electron chi connectivity index (χ3n) is 5.24. The monoisotopic (exact) mass is 517 g/mol. The van der Waals surface area contributed by atoms with Gasteiger partial charge in [-0.2, -0.15) is 0 Å². The zero-order chi connectivity index (χ0) is 19.8. The summed E-state index contributed by atoms with van der Waals surface area (Å²) in [7, 11) is 1.80. The van der Waals surface area contributed by atoms with Crippen molar-refractivity contribution in [1.82, 2.24) is 15.2 Å². The van der Waals surface area contributed by atoms with Gasteiger partial charge in [0.15, 0.2) is 5.96 Å². The van der Waals surface area contributed by atoms with E-state index in [2.05, 4.69) is 31.2 Å². The molecule has 0 radical (unpaired) electrons. The molecule has 3 heterocycles. The number of aromatic nitrogens is 1. The Morgan fingerprint density at radius 2 is 2.03 bits per heavy atom. The number of rotatable bonds is 5. The molecule has 0 aliphatic carbocycles. The number of carbonyl (C=O) groups is 1. The molecular formula is C20H32IN5O3. The standard InChI is InChI=1S/C20H31N5O3.HI/c1-3-28-19(26)16-6-9-25(10-7-16)20(21-2)23-15-17-5-4-8-22-18(17)24-11-13-27-14-12-24;/h4-5,8,16H,3,6-7,9-15H2,1-2H3,(H,21,23);1H. The fourth-order valence-corrected chi connectivity index (χ4v) is 3.72. The Kier molecular flexibility index (Phi) is 9.92. The molecule has 29 heavy (non-hydrogen) atoms. The quantitative estimate of drug-likeness (QED) is 0.277. The molecule has 2 saturated heterocycles. The number of hydrogen-bond donors (Lipinski definition) is 1. The molecule has 1 aromatic rings. The number of ether oxygens (including phenoxy) is 2. The van der Waals surface area contributed by atoms with Crippen LogP contribution in [-0.4, -0.2) is 74.9 Å². The number of nitrogens with one attached hydrogen (secondary N) is 1. The summed E-state index contributed by atoms with van der Waals surface area (Å²) < 4.78 is 10.6. The van der Waals surface area contributed by atoms with E-state index in [0.717, 1.165) is 69.6 Å². The van der Waals surface area contributed by atoms with Crippen molar-refractivity contribution in [3.63, 3.8) is 0 Å². The lowest BCUT2D eigenvalue weighted by Gasteiger charge is -2.33. The number of hydrogen-bond acceptors (Lipinski definition) is 6. The predicted molar refractivity (Wildman–Crippen MR) is 124 cm³/mol. The van der Waals surface area contributed by atoms with E-state index in [1.54, 1.807) is 7.05 Å². The molecule has 2 aliphatic heterocycles. The van der Waals surface area contributed by atoms with Crippen LogP contribution in [0.2, 0.25) is 0 Å². The number of nitrogens with zero attached hydrogens (tertiary/aromatic N) is 4. The van der Waals surface area contributed by atoms with Gasteiger partial charge in [0, 0.05) is 51.5 Å². The number of halogens is 1. The maximum atomic E-state index is 11.9. The van der Waals surface area contributed by atoms with E-state index in [1.807, 2.05) is 19.2 Å². The molecule has 0 aromatic carbocycles. The van der Waals surface area contributed by atoms with Crippen LogP contribution in [-0.2, 0) is 20.8 Å². The van der Waals surface area contributed by atoms with Gasteiger partial charge in [-0.25, -0.2) is 4.98 Å². The number of carbonyl (C=O) groups excluding carboxylic acids is 1. The van der Waals surface area contributed by atoms with Gasteiger partial charge in [0.05, 0.1) is 25.7 Å². The number of piperidine rings is 1. The van der Waals surface area contributed by atoms with Crippen molar-refractivity contribution in [2.24, 2.45) is 10.9 Å². The maximum Gasteiger partial charge on any atom is 0.309 e. The Hall–Kier alpha value is -1.62. The van der Waals surface area contributed by atoms with Crippen molar-refractivity contribution in [1.29, 1.82) is 0 Å². The SMILES string of the molecule is CCOC(=O)C1CCN(C(=NC)NCc2cccnc2N2CCOCC2)CC1.I. The molecule has 8 nitrogen and oxygen atoms in total. The van der Waals surface area contributed by atoms with Gasteiger partial charge in [-0.15, -0.1) is 24.0 Å². The summed E-state index contributed by atoms with van der Waals surface area (Å²) in [5, 5.41) is 3.47. The fraction of sp³-hybridized carbons (Fsp3) is 0.650. The van der Waals surface area contributed by atoms with Crippen molar-refractivity contribution in [2.75, 3.05) is 57.9 Å². The van der Waals surface area contributed by atoms with E-state index in [4.69, 9.17) is 9.47 Å². The smallest absolute Gasteiger partial charge is 0.309 e. The second-order valence-electron chi connectivity index (χ2n) is 7.00. The first-order chi connectivity index (χ1) is 13.7. The Bertz CT molecular complexity index is 674. The van der Waals surface area contributed by atoms with Gasteiger partial charge >= 0.3 is 5.97 Å². The first-order valence-corrected chi connectivity index (χ1v) is 10.1. The highest BCUT2D eigenvalue weighted by Crippen LogP contribution is 2.20. The molecular weight excluding hydrogens is 485 g/mol. The molecule has 0 atom stereocenters. The first-order valence-electron chi connectivity index (χ1n) is 10.1. The molecule has 3 rings (SSSR count). The molecule has 0 saturated carbocycles. The number of esters is 1. The first kappa shape index (κ1) is 23.7. The predicted octanol–water partition coefficient (Wildman–Crippen LogP) is 1.89. The minimum atomic E-state index is -0.0735. The Morgan fingerprint density at radius 3 is 2.69 bits per heavy atom. The lowest BCUT2D eigenvalue weighted by molar-refractivity contribution is -0.149. The van der Waals surface area contributed by atoms with E-state index in [-0.39, 0.29) is 35.9 Å². The second kappa shape index (κ2) is 12.2. The van der Waals surface area contributed by atoms with E-state index >= 15 is 0 Å². The van der Waals surface area contributed by atoms with Crippen molar-refractivity contribution >= 4 is 41.7 Å². The average Bonchev–Trinajstić information content (AvgIpc) is 2.76. The van der Waals surface area contributed by atoms with Gasteiger partial charge in [-0.1, -0.05) is 6.07 Å². The van der Waals surface area contributed by atoms with Gasteiger partial charge in [0.2, 0.25) is 0 Å². The highest BCUT2D eigenvalue weighted by molar-refractivity contribution is 14.0. The highest BCUT2D eigenvalue weighted by Gasteiger charge is 2.27. The van der Waals surface area contributed by atoms with Crippen molar-refractivity contribution in [3.05, 3.63) is 23.9 Å². The van der Waals surface area contributed by atoms with E-state index in [9.17, 15) is 4.79 Å². The molecule has 1 N–H and O–H groups in total. The van der Waals surface area contributed by atoms with Crippen molar-refractivity contribution in [3.8, 4) is 0 Å². The Labute approximate surface area is 190 Å². The summed E-state index contributed by atoms with van der Waals surface area (Å²) in [6.07, 6.45) is 3.43. The lowest BCUT2D eigenvalue weighted by Crippen LogP contribution is -2.46. The summed E-state index contributed by atoms with van der Waals surface area (Å²) in [6.45, 7) is 7.74. The van der Waals surface area contributed by atoms with Crippen LogP contribution in [0, 0.1) is 5.92 Å². The Morgan fingerprint density at radius 1 is 1.31 bits per heavy atom. The third-order valence-corrected chi connectivity index (χ3v) is 5.24. The van der Waals surface area contributed by atoms with Crippen LogP contribution in [0.4, 0.5) is 5.82 Å². The number of pyridine rings is 1. The minimum Gasteiger partial charge on any atom is -0.466 e. The van der Waals surface area contributed by atoms with Gasteiger partial charge in [-0.05, 0) is 25.8 Å². The van der Waals surface area contributed by atoms with Crippen LogP contribution >= 0.6 is 24.0 Å². The molecule has 2 fully saturated rings. The Balaban J connectivity index is 0.00000300. The summed E-state index contributed by atoms with van der Waals surface area (Å²) in [6, 6.07) is 4.07. The molecule has 1 aromatic heterocycles. The van der Waals surface area contributed by atoms with Crippen LogP contribution in [0.1, 0.15) is 25.3 Å². The molecule has 0 amide bonds. The molecule has 0 bridgehead atoms. The number of aliphatic imine (C=N–C) groups is 1. The molecule has 9 heteroatoms. The van der Waals surface area contributed by atoms with Crippen molar-refractivity contribution < 1.29 is 14.3 Å². The van der Waals surface area contributed by atoms with Crippen LogP contribution < -0.4 is 10.2 Å². The normalized spacial score (nSPS) is 18.2. The van der Waals surface area contributed by atoms with Crippen LogP contribution in [0.15, 0.2) is 23.3 Å². The van der Waals surface area contributed by atoms with Crippen LogP contribution in [0.25, 0.3) is 0 Å². The average molecular weight is 517 g/mol. The van der Waals surface area contributed by atoms with Crippen molar-refractivity contribution in [2.45, 2.75) is 26.3 Å². The fourth-order valence-electron chi connectivity index (χ4n) is 3.72. The van der Waals surface area contributed by atoms with Gasteiger partial charge < -0.3 is 24.6 Å². The van der Waals surface area contributed by atoms with E-state index in [0.29, 0.717) is 13.2 Å². The van der Waals surface area contributed by atoms with Crippen LogP contribution in [0.3, 0.4) is 0 Å². The van der Waals surface area contributed by atoms with E-state index in [1.165, 1.54) is 0 Å². The summed E-state index contributed by atoms with van der Waals surface area (Å²) in [4.78, 5) is 25.4. The third kappa shape index (κ3) is 6.43. The summed E-state index contributed by atoms with van der Waals surface area (Å²) in [5.41, 5.74) is 1.15. The molecule has 2 aliphatic rings. The molecule has 0 unspecified atom stereocenters. The summed E-state index contributed by atoms with van der Waals surface area (Å²) >= 11 is 0. The van der Waals surface area contributed by atoms with Crippen LogP contribution in [0.5, 0.6) is 0 Å². The second-order valence-corrected chi connectivity index (χ2v) is 7.00. The topological polar surface area (TPSA) is 79.3 Å². The number of anilines is 1. The lowest BCUT2D eigenvalue weighted by atomic mass is 9.97. The van der Waals surface area contributed by atoms with Gasteiger partial charge in [0.25, 0.3) is 0 Å². The highest BCUT2D eigenvalue weighted by atomic mass is 127. The maximum absolute atomic E-state index is 11.9. The number of guanidine groups is 1. The number of likely N-dealkylation sites (tertiary alicyclic amines) is 1. The molecule has 162 valence electrons. The van der Waals surface area contributed by atoms with Gasteiger partial charge in [0.1, 0.15) is 5.82 Å². The number of morpholine rings is 1. The van der Waals surface area contributed by atoms with E-state index < -0.39 is 0 Å². The van der Waals surface area contributed by atoms with Gasteiger partial charge in [-0.3, -0.25) is 9.79 Å².